The summed E-state index contributed by atoms with van der Waals surface area (Å²) >= 11 is 0. The number of methoxy groups -OCH3 is 2. The molecule has 3 nitrogen and oxygen atoms in total. The number of ether oxygens (including phenoxy) is 2. The standard InChI is InChI=1S/C10H15NO2/c1-7-4-5-9(12-2)8(6-7)10(11)13-3/h4-6,10H,11H2,1-3H3. The molecule has 0 amide bonds. The first-order valence-corrected chi connectivity index (χ1v) is 4.12. The molecule has 1 unspecified atom stereocenters. The van der Waals surface area contributed by atoms with Crippen molar-refractivity contribution in [1.29, 1.82) is 0 Å². The van der Waals surface area contributed by atoms with Crippen LogP contribution in [0.15, 0.2) is 18.2 Å². The zero-order valence-electron chi connectivity index (χ0n) is 8.20. The van der Waals surface area contributed by atoms with Gasteiger partial charge >= 0.3 is 0 Å². The van der Waals surface area contributed by atoms with Gasteiger partial charge in [-0.25, -0.2) is 0 Å². The molecule has 0 saturated carbocycles. The molecule has 0 radical (unpaired) electrons. The summed E-state index contributed by atoms with van der Waals surface area (Å²) in [5.74, 6) is 0.764. The second-order valence-electron chi connectivity index (χ2n) is 2.90. The summed E-state index contributed by atoms with van der Waals surface area (Å²) in [6, 6.07) is 5.83. The van der Waals surface area contributed by atoms with Gasteiger partial charge in [0.15, 0.2) is 0 Å². The molecule has 3 heteroatoms. The SMILES string of the molecule is COc1ccc(C)cc1C(N)OC. The molecule has 13 heavy (non-hydrogen) atoms. The first-order valence-electron chi connectivity index (χ1n) is 4.12. The zero-order valence-corrected chi connectivity index (χ0v) is 8.20. The normalized spacial score (nSPS) is 12.6. The fourth-order valence-electron chi connectivity index (χ4n) is 1.20. The Balaban J connectivity index is 3.07. The molecule has 72 valence electrons. The number of hydrogen-bond acceptors (Lipinski definition) is 3. The third kappa shape index (κ3) is 2.20. The van der Waals surface area contributed by atoms with Crippen LogP contribution in [0.25, 0.3) is 0 Å². The molecule has 0 fully saturated rings. The fourth-order valence-corrected chi connectivity index (χ4v) is 1.20. The molecule has 0 aliphatic carbocycles. The van der Waals surface area contributed by atoms with Crippen molar-refractivity contribution in [3.63, 3.8) is 0 Å². The lowest BCUT2D eigenvalue weighted by Gasteiger charge is -2.14. The highest BCUT2D eigenvalue weighted by molar-refractivity contribution is 5.38. The molecule has 0 bridgehead atoms. The van der Waals surface area contributed by atoms with Crippen molar-refractivity contribution in [1.82, 2.24) is 0 Å². The van der Waals surface area contributed by atoms with Crippen molar-refractivity contribution in [3.05, 3.63) is 29.3 Å². The van der Waals surface area contributed by atoms with Gasteiger partial charge in [0.2, 0.25) is 0 Å². The van der Waals surface area contributed by atoms with Gasteiger partial charge in [0.05, 0.1) is 7.11 Å². The van der Waals surface area contributed by atoms with E-state index in [9.17, 15) is 0 Å². The van der Waals surface area contributed by atoms with Crippen molar-refractivity contribution in [2.75, 3.05) is 14.2 Å². The van der Waals surface area contributed by atoms with Crippen LogP contribution in [0.5, 0.6) is 5.75 Å². The van der Waals surface area contributed by atoms with Crippen LogP contribution in [0.3, 0.4) is 0 Å². The Kier molecular flexibility index (Phi) is 3.28. The summed E-state index contributed by atoms with van der Waals surface area (Å²) in [5.41, 5.74) is 7.76. The summed E-state index contributed by atoms with van der Waals surface area (Å²) < 4.78 is 10.2. The highest BCUT2D eigenvalue weighted by Gasteiger charge is 2.10. The van der Waals surface area contributed by atoms with Gasteiger partial charge in [0.25, 0.3) is 0 Å². The van der Waals surface area contributed by atoms with Crippen LogP contribution < -0.4 is 10.5 Å². The van der Waals surface area contributed by atoms with Gasteiger partial charge in [-0.3, -0.25) is 0 Å². The summed E-state index contributed by atoms with van der Waals surface area (Å²) in [4.78, 5) is 0. The quantitative estimate of drug-likeness (QED) is 0.720. The topological polar surface area (TPSA) is 44.5 Å². The van der Waals surface area contributed by atoms with Crippen molar-refractivity contribution >= 4 is 0 Å². The molecule has 0 heterocycles. The zero-order chi connectivity index (χ0) is 9.84. The first kappa shape index (κ1) is 10.0. The van der Waals surface area contributed by atoms with Crippen LogP contribution in [0.1, 0.15) is 17.4 Å². The first-order chi connectivity index (χ1) is 6.19. The van der Waals surface area contributed by atoms with Crippen molar-refractivity contribution in [2.45, 2.75) is 13.2 Å². The van der Waals surface area contributed by atoms with Crippen LogP contribution in [-0.2, 0) is 4.74 Å². The van der Waals surface area contributed by atoms with Crippen LogP contribution in [0.2, 0.25) is 0 Å². The molecule has 1 aromatic rings. The van der Waals surface area contributed by atoms with Crippen LogP contribution in [0.4, 0.5) is 0 Å². The van der Waals surface area contributed by atoms with Crippen molar-refractivity contribution in [2.24, 2.45) is 5.73 Å². The number of nitrogens with two attached hydrogens (primary N) is 1. The third-order valence-electron chi connectivity index (χ3n) is 1.95. The van der Waals surface area contributed by atoms with Gasteiger partial charge in [0.1, 0.15) is 12.0 Å². The molecule has 0 aliphatic heterocycles. The minimum atomic E-state index is -0.421. The summed E-state index contributed by atoms with van der Waals surface area (Å²) in [6.45, 7) is 2.01. The Bertz CT molecular complexity index is 286. The van der Waals surface area contributed by atoms with E-state index in [1.165, 1.54) is 0 Å². The van der Waals surface area contributed by atoms with E-state index in [-0.39, 0.29) is 0 Å². The second kappa shape index (κ2) is 4.25. The smallest absolute Gasteiger partial charge is 0.135 e. The van der Waals surface area contributed by atoms with Gasteiger partial charge in [-0.1, -0.05) is 11.6 Å². The summed E-state index contributed by atoms with van der Waals surface area (Å²) in [6.07, 6.45) is -0.421. The molecular formula is C10H15NO2. The molecule has 1 rings (SSSR count). The van der Waals surface area contributed by atoms with Crippen LogP contribution >= 0.6 is 0 Å². The summed E-state index contributed by atoms with van der Waals surface area (Å²) in [5, 5.41) is 0. The maximum absolute atomic E-state index is 5.74. The highest BCUT2D eigenvalue weighted by atomic mass is 16.5. The lowest BCUT2D eigenvalue weighted by Crippen LogP contribution is -2.13. The predicted molar refractivity (Wildman–Crippen MR) is 51.7 cm³/mol. The van der Waals surface area contributed by atoms with Crippen LogP contribution in [0, 0.1) is 6.92 Å². The molecule has 2 N–H and O–H groups in total. The average molecular weight is 181 g/mol. The van der Waals surface area contributed by atoms with E-state index in [1.54, 1.807) is 14.2 Å². The Labute approximate surface area is 78.5 Å². The third-order valence-corrected chi connectivity index (χ3v) is 1.95. The molecule has 0 spiro atoms. The Hall–Kier alpha value is -1.06. The molecule has 0 saturated heterocycles. The number of rotatable bonds is 3. The van der Waals surface area contributed by atoms with Crippen molar-refractivity contribution < 1.29 is 9.47 Å². The number of benzene rings is 1. The van der Waals surface area contributed by atoms with E-state index >= 15 is 0 Å². The molecule has 0 aliphatic rings. The average Bonchev–Trinajstić information content (AvgIpc) is 2.16. The fraction of sp³-hybridized carbons (Fsp3) is 0.400. The Morgan fingerprint density at radius 3 is 2.54 bits per heavy atom. The van der Waals surface area contributed by atoms with Crippen molar-refractivity contribution in [3.8, 4) is 5.75 Å². The van der Waals surface area contributed by atoms with Gasteiger partial charge in [0, 0.05) is 12.7 Å². The second-order valence-corrected chi connectivity index (χ2v) is 2.90. The van der Waals surface area contributed by atoms with Gasteiger partial charge in [-0.2, -0.15) is 0 Å². The lowest BCUT2D eigenvalue weighted by atomic mass is 10.1. The molecule has 1 atom stereocenters. The lowest BCUT2D eigenvalue weighted by molar-refractivity contribution is 0.107. The van der Waals surface area contributed by atoms with Crippen LogP contribution in [-0.4, -0.2) is 14.2 Å². The minimum Gasteiger partial charge on any atom is -0.496 e. The van der Waals surface area contributed by atoms with E-state index in [2.05, 4.69) is 0 Å². The minimum absolute atomic E-state index is 0.421. The predicted octanol–water partition coefficient (Wildman–Crippen LogP) is 1.61. The monoisotopic (exact) mass is 181 g/mol. The van der Waals surface area contributed by atoms with E-state index < -0.39 is 6.23 Å². The largest absolute Gasteiger partial charge is 0.496 e. The van der Waals surface area contributed by atoms with E-state index in [4.69, 9.17) is 15.2 Å². The maximum Gasteiger partial charge on any atom is 0.135 e. The summed E-state index contributed by atoms with van der Waals surface area (Å²) in [7, 11) is 3.20. The van der Waals surface area contributed by atoms with Gasteiger partial charge in [-0.15, -0.1) is 0 Å². The molecular weight excluding hydrogens is 166 g/mol. The number of aryl methyl sites for hydroxylation is 1. The molecule has 1 aromatic carbocycles. The van der Waals surface area contributed by atoms with E-state index in [0.717, 1.165) is 16.9 Å². The maximum atomic E-state index is 5.74. The van der Waals surface area contributed by atoms with E-state index in [0.29, 0.717) is 0 Å². The van der Waals surface area contributed by atoms with Gasteiger partial charge in [-0.05, 0) is 19.1 Å². The Morgan fingerprint density at radius 2 is 2.00 bits per heavy atom. The number of hydrogen-bond donors (Lipinski definition) is 1. The van der Waals surface area contributed by atoms with Gasteiger partial charge < -0.3 is 15.2 Å². The molecule has 0 aromatic heterocycles. The Morgan fingerprint density at radius 1 is 1.31 bits per heavy atom. The highest BCUT2D eigenvalue weighted by Crippen LogP contribution is 2.24. The van der Waals surface area contributed by atoms with E-state index in [1.807, 2.05) is 25.1 Å².